The molecule has 0 aromatic heterocycles. The van der Waals surface area contributed by atoms with E-state index in [0.717, 1.165) is 0 Å². The summed E-state index contributed by atoms with van der Waals surface area (Å²) < 4.78 is 5.28. The standard InChI is InChI=1S/C9H16O4/c1-4(2)9-8(12)7(11)6(10)5(3)13-9/h4-5,7-9,11-12H,1-3H3/t5?,7-,8?,9-/m0/s1. The number of aliphatic hydroxyl groups is 2. The van der Waals surface area contributed by atoms with E-state index in [1.807, 2.05) is 13.8 Å². The number of hydrogen-bond donors (Lipinski definition) is 2. The molecular weight excluding hydrogens is 172 g/mol. The average Bonchev–Trinajstić information content (AvgIpc) is 2.07. The Bertz CT molecular complexity index is 202. The Morgan fingerprint density at radius 3 is 2.38 bits per heavy atom. The Labute approximate surface area is 77.5 Å². The van der Waals surface area contributed by atoms with E-state index in [4.69, 9.17) is 4.74 Å². The van der Waals surface area contributed by atoms with Crippen molar-refractivity contribution in [2.75, 3.05) is 0 Å². The van der Waals surface area contributed by atoms with Crippen LogP contribution in [0.15, 0.2) is 0 Å². The summed E-state index contributed by atoms with van der Waals surface area (Å²) in [6, 6.07) is 0. The summed E-state index contributed by atoms with van der Waals surface area (Å²) in [5.74, 6) is -0.357. The lowest BCUT2D eigenvalue weighted by molar-refractivity contribution is -0.186. The smallest absolute Gasteiger partial charge is 0.192 e. The van der Waals surface area contributed by atoms with Gasteiger partial charge in [-0.1, -0.05) is 13.8 Å². The fourth-order valence-electron chi connectivity index (χ4n) is 1.52. The van der Waals surface area contributed by atoms with Crippen molar-refractivity contribution in [3.8, 4) is 0 Å². The molecule has 13 heavy (non-hydrogen) atoms. The van der Waals surface area contributed by atoms with Gasteiger partial charge in [0.1, 0.15) is 18.3 Å². The van der Waals surface area contributed by atoms with Crippen LogP contribution in [0.25, 0.3) is 0 Å². The first-order valence-corrected chi connectivity index (χ1v) is 4.50. The van der Waals surface area contributed by atoms with Crippen LogP contribution >= 0.6 is 0 Å². The highest BCUT2D eigenvalue weighted by Gasteiger charge is 2.42. The first-order valence-electron chi connectivity index (χ1n) is 4.50. The molecule has 4 atom stereocenters. The fourth-order valence-corrected chi connectivity index (χ4v) is 1.52. The minimum atomic E-state index is -1.30. The number of Topliss-reactive ketones (excluding diaryl/α,β-unsaturated/α-hetero) is 1. The van der Waals surface area contributed by atoms with Crippen molar-refractivity contribution in [2.24, 2.45) is 5.92 Å². The summed E-state index contributed by atoms with van der Waals surface area (Å²) in [5.41, 5.74) is 0. The number of ether oxygens (including phenoxy) is 1. The summed E-state index contributed by atoms with van der Waals surface area (Å²) >= 11 is 0. The van der Waals surface area contributed by atoms with E-state index >= 15 is 0 Å². The van der Waals surface area contributed by atoms with Crippen molar-refractivity contribution in [1.29, 1.82) is 0 Å². The van der Waals surface area contributed by atoms with Crippen molar-refractivity contribution in [3.05, 3.63) is 0 Å². The van der Waals surface area contributed by atoms with Crippen LogP contribution in [-0.4, -0.2) is 40.4 Å². The van der Waals surface area contributed by atoms with Crippen molar-refractivity contribution in [1.82, 2.24) is 0 Å². The molecule has 0 amide bonds. The SMILES string of the molecule is CC1O[C@@H](C(C)C)C(O)[C@@H](O)C1=O. The van der Waals surface area contributed by atoms with Crippen LogP contribution in [0.3, 0.4) is 0 Å². The van der Waals surface area contributed by atoms with E-state index in [1.54, 1.807) is 6.92 Å². The van der Waals surface area contributed by atoms with Gasteiger partial charge in [0, 0.05) is 0 Å². The van der Waals surface area contributed by atoms with Gasteiger partial charge in [0.05, 0.1) is 6.10 Å². The van der Waals surface area contributed by atoms with E-state index in [1.165, 1.54) is 0 Å². The quantitative estimate of drug-likeness (QED) is 0.594. The Kier molecular flexibility index (Phi) is 3.05. The molecule has 2 N–H and O–H groups in total. The zero-order valence-electron chi connectivity index (χ0n) is 8.10. The molecule has 1 rings (SSSR count). The zero-order valence-corrected chi connectivity index (χ0v) is 8.10. The summed E-state index contributed by atoms with van der Waals surface area (Å²) in [4.78, 5) is 11.2. The van der Waals surface area contributed by atoms with Crippen LogP contribution in [0.2, 0.25) is 0 Å². The van der Waals surface area contributed by atoms with E-state index in [0.29, 0.717) is 0 Å². The molecular formula is C9H16O4. The third-order valence-corrected chi connectivity index (χ3v) is 2.37. The molecule has 1 aliphatic heterocycles. The van der Waals surface area contributed by atoms with Gasteiger partial charge < -0.3 is 14.9 Å². The van der Waals surface area contributed by atoms with Crippen molar-refractivity contribution in [3.63, 3.8) is 0 Å². The molecule has 0 aliphatic carbocycles. The third-order valence-electron chi connectivity index (χ3n) is 2.37. The molecule has 1 aliphatic rings. The van der Waals surface area contributed by atoms with Gasteiger partial charge in [-0.15, -0.1) is 0 Å². The second-order valence-electron chi connectivity index (χ2n) is 3.82. The lowest BCUT2D eigenvalue weighted by Crippen LogP contribution is -2.55. The Morgan fingerprint density at radius 1 is 1.38 bits per heavy atom. The molecule has 1 saturated heterocycles. The molecule has 0 spiro atoms. The van der Waals surface area contributed by atoms with Gasteiger partial charge >= 0.3 is 0 Å². The molecule has 0 bridgehead atoms. The van der Waals surface area contributed by atoms with Crippen LogP contribution in [0.4, 0.5) is 0 Å². The minimum absolute atomic E-state index is 0.0835. The summed E-state index contributed by atoms with van der Waals surface area (Å²) in [6.07, 6.45) is -3.46. The predicted octanol–water partition coefficient (Wildman–Crippen LogP) is -0.279. The first kappa shape index (κ1) is 10.6. The topological polar surface area (TPSA) is 66.8 Å². The van der Waals surface area contributed by atoms with Gasteiger partial charge in [-0.3, -0.25) is 4.79 Å². The van der Waals surface area contributed by atoms with Crippen LogP contribution in [0.1, 0.15) is 20.8 Å². The van der Waals surface area contributed by atoms with E-state index in [2.05, 4.69) is 0 Å². The van der Waals surface area contributed by atoms with Crippen molar-refractivity contribution < 1.29 is 19.7 Å². The molecule has 2 unspecified atom stereocenters. The lowest BCUT2D eigenvalue weighted by atomic mass is 9.91. The normalized spacial score (nSPS) is 41.2. The molecule has 4 heteroatoms. The maximum atomic E-state index is 11.2. The van der Waals surface area contributed by atoms with E-state index < -0.39 is 30.2 Å². The fraction of sp³-hybridized carbons (Fsp3) is 0.889. The maximum Gasteiger partial charge on any atom is 0.192 e. The van der Waals surface area contributed by atoms with Gasteiger partial charge in [0.2, 0.25) is 0 Å². The Hall–Kier alpha value is -0.450. The highest BCUT2D eigenvalue weighted by Crippen LogP contribution is 2.22. The van der Waals surface area contributed by atoms with Crippen LogP contribution in [-0.2, 0) is 9.53 Å². The summed E-state index contributed by atoms with van der Waals surface area (Å²) in [6.45, 7) is 5.35. The molecule has 4 nitrogen and oxygen atoms in total. The second kappa shape index (κ2) is 3.74. The van der Waals surface area contributed by atoms with Crippen molar-refractivity contribution >= 4 is 5.78 Å². The number of rotatable bonds is 1. The molecule has 0 aromatic rings. The number of ketones is 1. The van der Waals surface area contributed by atoms with Gasteiger partial charge in [-0.05, 0) is 12.8 Å². The van der Waals surface area contributed by atoms with Gasteiger partial charge in [0.25, 0.3) is 0 Å². The molecule has 0 saturated carbocycles. The minimum Gasteiger partial charge on any atom is -0.387 e. The van der Waals surface area contributed by atoms with Crippen molar-refractivity contribution in [2.45, 2.75) is 45.2 Å². The number of carbonyl (C=O) groups excluding carboxylic acids is 1. The summed E-state index contributed by atoms with van der Waals surface area (Å²) in [5, 5.41) is 18.9. The van der Waals surface area contributed by atoms with Gasteiger partial charge in [0.15, 0.2) is 5.78 Å². The van der Waals surface area contributed by atoms with Crippen LogP contribution in [0.5, 0.6) is 0 Å². The van der Waals surface area contributed by atoms with Crippen LogP contribution in [0, 0.1) is 5.92 Å². The largest absolute Gasteiger partial charge is 0.387 e. The Morgan fingerprint density at radius 2 is 1.92 bits per heavy atom. The van der Waals surface area contributed by atoms with E-state index in [9.17, 15) is 15.0 Å². The second-order valence-corrected chi connectivity index (χ2v) is 3.82. The molecule has 76 valence electrons. The predicted molar refractivity (Wildman–Crippen MR) is 46.2 cm³/mol. The highest BCUT2D eigenvalue weighted by molar-refractivity contribution is 5.88. The van der Waals surface area contributed by atoms with Gasteiger partial charge in [-0.2, -0.15) is 0 Å². The highest BCUT2D eigenvalue weighted by atomic mass is 16.5. The van der Waals surface area contributed by atoms with Crippen LogP contribution < -0.4 is 0 Å². The number of aliphatic hydroxyl groups excluding tert-OH is 2. The third kappa shape index (κ3) is 1.90. The first-order chi connectivity index (χ1) is 5.95. The zero-order chi connectivity index (χ0) is 10.2. The maximum absolute atomic E-state index is 11.2. The Balaban J connectivity index is 2.76. The molecule has 0 radical (unpaired) electrons. The number of carbonyl (C=O) groups is 1. The lowest BCUT2D eigenvalue weighted by Gasteiger charge is -2.36. The molecule has 1 heterocycles. The average molecular weight is 188 g/mol. The molecule has 1 fully saturated rings. The van der Waals surface area contributed by atoms with E-state index in [-0.39, 0.29) is 5.92 Å². The van der Waals surface area contributed by atoms with Gasteiger partial charge in [-0.25, -0.2) is 0 Å². The summed E-state index contributed by atoms with van der Waals surface area (Å²) in [7, 11) is 0. The number of hydrogen-bond acceptors (Lipinski definition) is 4. The molecule has 0 aromatic carbocycles. The monoisotopic (exact) mass is 188 g/mol.